The number of hydrogen-bond donors (Lipinski definition) is 1. The van der Waals surface area contributed by atoms with Crippen molar-refractivity contribution in [3.05, 3.63) is 60.2 Å². The van der Waals surface area contributed by atoms with Crippen molar-refractivity contribution in [1.29, 1.82) is 0 Å². The third-order valence-electron chi connectivity index (χ3n) is 5.80. The summed E-state index contributed by atoms with van der Waals surface area (Å²) in [6.45, 7) is 4.28. The van der Waals surface area contributed by atoms with Crippen LogP contribution in [0.5, 0.6) is 5.75 Å². The van der Waals surface area contributed by atoms with Gasteiger partial charge in [-0.05, 0) is 30.5 Å². The monoisotopic (exact) mass is 378 g/mol. The lowest BCUT2D eigenvalue weighted by molar-refractivity contribution is -0.123. The predicted molar refractivity (Wildman–Crippen MR) is 108 cm³/mol. The van der Waals surface area contributed by atoms with Gasteiger partial charge in [0.05, 0.1) is 24.6 Å². The minimum atomic E-state index is -0.423. The van der Waals surface area contributed by atoms with Gasteiger partial charge in [-0.3, -0.25) is 9.59 Å². The summed E-state index contributed by atoms with van der Waals surface area (Å²) in [6.07, 6.45) is 0.842. The van der Waals surface area contributed by atoms with Gasteiger partial charge < -0.3 is 10.1 Å². The molecule has 4 rings (SSSR count). The first-order chi connectivity index (χ1) is 13.5. The second kappa shape index (κ2) is 7.40. The number of fused-ring (bicyclic) bond motifs is 1. The van der Waals surface area contributed by atoms with Gasteiger partial charge in [0, 0.05) is 17.6 Å². The van der Waals surface area contributed by atoms with E-state index in [9.17, 15) is 9.59 Å². The van der Waals surface area contributed by atoms with E-state index in [0.29, 0.717) is 11.6 Å². The molecule has 28 heavy (non-hydrogen) atoms. The number of hydrogen-bond acceptors (Lipinski definition) is 4. The lowest BCUT2D eigenvalue weighted by Gasteiger charge is -2.24. The van der Waals surface area contributed by atoms with Crippen molar-refractivity contribution in [2.45, 2.75) is 32.4 Å². The molecule has 2 aliphatic heterocycles. The van der Waals surface area contributed by atoms with Crippen LogP contribution in [0.2, 0.25) is 0 Å². The largest absolute Gasteiger partial charge is 0.496 e. The summed E-state index contributed by atoms with van der Waals surface area (Å²) < 4.78 is 5.55. The minimum absolute atomic E-state index is 0.0370. The summed E-state index contributed by atoms with van der Waals surface area (Å²) in [5.41, 5.74) is 1.58. The minimum Gasteiger partial charge on any atom is -0.496 e. The van der Waals surface area contributed by atoms with Crippen LogP contribution in [0.15, 0.2) is 54.6 Å². The van der Waals surface area contributed by atoms with E-state index in [2.05, 4.69) is 19.2 Å². The molecule has 2 aromatic carbocycles. The summed E-state index contributed by atoms with van der Waals surface area (Å²) >= 11 is 0. The molecule has 0 radical (unpaired) electrons. The van der Waals surface area contributed by atoms with E-state index in [0.717, 1.165) is 17.7 Å². The number of ether oxygens (including phenoxy) is 1. The number of benzene rings is 2. The molecule has 2 saturated heterocycles. The molecular weight excluding hydrogens is 352 g/mol. The molecule has 0 unspecified atom stereocenters. The van der Waals surface area contributed by atoms with Crippen LogP contribution < -0.4 is 15.0 Å². The van der Waals surface area contributed by atoms with Crippen LogP contribution in [0.3, 0.4) is 0 Å². The molecule has 146 valence electrons. The molecule has 1 N–H and O–H groups in total. The summed E-state index contributed by atoms with van der Waals surface area (Å²) in [4.78, 5) is 28.2. The molecule has 2 aromatic rings. The molecule has 0 aromatic heterocycles. The maximum atomic E-state index is 13.4. The Labute approximate surface area is 165 Å². The number of carbonyl (C=O) groups is 2. The fourth-order valence-electron chi connectivity index (χ4n) is 4.68. The molecule has 2 fully saturated rings. The number of amides is 2. The van der Waals surface area contributed by atoms with E-state index in [1.54, 1.807) is 7.11 Å². The highest BCUT2D eigenvalue weighted by Crippen LogP contribution is 2.48. The summed E-state index contributed by atoms with van der Waals surface area (Å²) in [5, 5.41) is 3.60. The number of imide groups is 1. The topological polar surface area (TPSA) is 58.6 Å². The van der Waals surface area contributed by atoms with Gasteiger partial charge in [-0.1, -0.05) is 50.2 Å². The summed E-state index contributed by atoms with van der Waals surface area (Å²) in [7, 11) is 1.63. The molecule has 5 nitrogen and oxygen atoms in total. The maximum absolute atomic E-state index is 13.4. The van der Waals surface area contributed by atoms with Crippen LogP contribution in [-0.2, 0) is 9.59 Å². The van der Waals surface area contributed by atoms with Gasteiger partial charge in [0.15, 0.2) is 0 Å². The zero-order chi connectivity index (χ0) is 19.8. The van der Waals surface area contributed by atoms with Crippen LogP contribution in [-0.4, -0.2) is 25.0 Å². The maximum Gasteiger partial charge on any atom is 0.239 e. The number of methoxy groups -OCH3 is 1. The van der Waals surface area contributed by atoms with Gasteiger partial charge in [-0.15, -0.1) is 0 Å². The number of carbonyl (C=O) groups excluding carboxylic acids is 2. The van der Waals surface area contributed by atoms with Crippen molar-refractivity contribution in [3.63, 3.8) is 0 Å². The van der Waals surface area contributed by atoms with Crippen LogP contribution in [0.1, 0.15) is 31.9 Å². The molecule has 2 heterocycles. The normalized spacial score (nSPS) is 26.8. The first-order valence-corrected chi connectivity index (χ1v) is 9.84. The first-order valence-electron chi connectivity index (χ1n) is 9.84. The molecule has 0 spiro atoms. The highest BCUT2D eigenvalue weighted by atomic mass is 16.5. The van der Waals surface area contributed by atoms with E-state index in [1.807, 2.05) is 54.6 Å². The van der Waals surface area contributed by atoms with E-state index in [1.165, 1.54) is 4.90 Å². The van der Waals surface area contributed by atoms with Crippen LogP contribution in [0.25, 0.3) is 0 Å². The van der Waals surface area contributed by atoms with Crippen LogP contribution >= 0.6 is 0 Å². The third kappa shape index (κ3) is 3.00. The Morgan fingerprint density at radius 3 is 2.29 bits per heavy atom. The van der Waals surface area contributed by atoms with Crippen LogP contribution in [0.4, 0.5) is 5.69 Å². The summed E-state index contributed by atoms with van der Waals surface area (Å²) in [5.74, 6) is 0.149. The standard InChI is InChI=1S/C23H26N2O3/c1-14(2)13-17-19-20(21(24-17)16-11-7-8-12-18(16)28-3)23(27)25(22(19)26)15-9-5-4-6-10-15/h4-12,14,17,19-21,24H,13H2,1-3H3/t17-,19-,20+,21+/m1/s1. The number of anilines is 1. The molecule has 5 heteroatoms. The van der Waals surface area contributed by atoms with Crippen molar-refractivity contribution < 1.29 is 14.3 Å². The van der Waals surface area contributed by atoms with Gasteiger partial charge in [0.25, 0.3) is 0 Å². The average molecular weight is 378 g/mol. The second-order valence-corrected chi connectivity index (χ2v) is 8.02. The van der Waals surface area contributed by atoms with Crippen molar-refractivity contribution >= 4 is 17.5 Å². The SMILES string of the molecule is COc1ccccc1[C@@H]1N[C@H](CC(C)C)[C@H]2C(=O)N(c3ccccc3)C(=O)[C@@H]21. The number of para-hydroxylation sites is 2. The zero-order valence-electron chi connectivity index (χ0n) is 16.5. The zero-order valence-corrected chi connectivity index (χ0v) is 16.5. The smallest absolute Gasteiger partial charge is 0.239 e. The second-order valence-electron chi connectivity index (χ2n) is 8.02. The highest BCUT2D eigenvalue weighted by Gasteiger charge is 2.59. The lowest BCUT2D eigenvalue weighted by atomic mass is 9.84. The number of nitrogens with zero attached hydrogens (tertiary/aromatic N) is 1. The van der Waals surface area contributed by atoms with E-state index >= 15 is 0 Å². The van der Waals surface area contributed by atoms with Crippen molar-refractivity contribution in [2.75, 3.05) is 12.0 Å². The van der Waals surface area contributed by atoms with Gasteiger partial charge in [0.1, 0.15) is 5.75 Å². The van der Waals surface area contributed by atoms with Gasteiger partial charge in [0.2, 0.25) is 11.8 Å². The highest BCUT2D eigenvalue weighted by molar-refractivity contribution is 6.22. The van der Waals surface area contributed by atoms with Crippen molar-refractivity contribution in [3.8, 4) is 5.75 Å². The quantitative estimate of drug-likeness (QED) is 0.809. The Bertz CT molecular complexity index is 880. The first kappa shape index (κ1) is 18.7. The van der Waals surface area contributed by atoms with E-state index < -0.39 is 5.92 Å². The Morgan fingerprint density at radius 1 is 0.964 bits per heavy atom. The Morgan fingerprint density at radius 2 is 1.61 bits per heavy atom. The van der Waals surface area contributed by atoms with Crippen molar-refractivity contribution in [1.82, 2.24) is 5.32 Å². The Balaban J connectivity index is 1.77. The number of rotatable bonds is 5. The van der Waals surface area contributed by atoms with E-state index in [4.69, 9.17) is 4.74 Å². The summed E-state index contributed by atoms with van der Waals surface area (Å²) in [6, 6.07) is 16.7. The lowest BCUT2D eigenvalue weighted by Crippen LogP contribution is -2.40. The van der Waals surface area contributed by atoms with E-state index in [-0.39, 0.29) is 29.8 Å². The number of nitrogens with one attached hydrogen (secondary N) is 1. The Hall–Kier alpha value is -2.66. The molecule has 0 saturated carbocycles. The van der Waals surface area contributed by atoms with Gasteiger partial charge in [-0.2, -0.15) is 0 Å². The van der Waals surface area contributed by atoms with Gasteiger partial charge in [-0.25, -0.2) is 4.90 Å². The average Bonchev–Trinajstić information content (AvgIpc) is 3.18. The fourth-order valence-corrected chi connectivity index (χ4v) is 4.68. The van der Waals surface area contributed by atoms with Crippen molar-refractivity contribution in [2.24, 2.45) is 17.8 Å². The molecule has 0 bridgehead atoms. The van der Waals surface area contributed by atoms with Crippen LogP contribution in [0, 0.1) is 17.8 Å². The fraction of sp³-hybridized carbons (Fsp3) is 0.391. The molecule has 2 amide bonds. The Kier molecular flexibility index (Phi) is 4.94. The van der Waals surface area contributed by atoms with Gasteiger partial charge >= 0.3 is 0 Å². The molecule has 0 aliphatic carbocycles. The third-order valence-corrected chi connectivity index (χ3v) is 5.80. The molecule has 4 atom stereocenters. The molecular formula is C23H26N2O3. The molecule has 2 aliphatic rings. The predicted octanol–water partition coefficient (Wildman–Crippen LogP) is 3.56.